The molecule has 4 amide bonds. The molecule has 2 saturated heterocycles. The number of imide groups is 2. The highest BCUT2D eigenvalue weighted by molar-refractivity contribution is 6.58. The number of aromatic carboxylic acids is 1. The number of nitrogens with zero attached hydrogens (tertiary/aromatic N) is 2. The van der Waals surface area contributed by atoms with E-state index < -0.39 is 80.1 Å². The van der Waals surface area contributed by atoms with E-state index in [1.54, 1.807) is 6.08 Å². The van der Waals surface area contributed by atoms with E-state index in [0.717, 1.165) is 34.1 Å². The van der Waals surface area contributed by atoms with Gasteiger partial charge >= 0.3 is 5.97 Å². The van der Waals surface area contributed by atoms with Gasteiger partial charge in [0.2, 0.25) is 11.8 Å². The number of anilines is 2. The zero-order valence-corrected chi connectivity index (χ0v) is 26.4. The molecule has 4 aliphatic rings. The second-order valence-corrected chi connectivity index (χ2v) is 13.4. The van der Waals surface area contributed by atoms with Crippen molar-refractivity contribution in [1.82, 2.24) is 0 Å². The topological polar surface area (TPSA) is 162 Å². The van der Waals surface area contributed by atoms with Gasteiger partial charge in [-0.3, -0.25) is 19.2 Å². The Labute approximate surface area is 281 Å². The highest BCUT2D eigenvalue weighted by Crippen LogP contribution is 2.66. The molecule has 3 aromatic carbocycles. The number of benzene rings is 3. The van der Waals surface area contributed by atoms with Crippen molar-refractivity contribution in [2.75, 3.05) is 16.9 Å². The van der Waals surface area contributed by atoms with E-state index in [0.29, 0.717) is 5.57 Å². The quantitative estimate of drug-likeness (QED) is 0.195. The van der Waals surface area contributed by atoms with Gasteiger partial charge in [-0.2, -0.15) is 0 Å². The second-order valence-electron chi connectivity index (χ2n) is 12.2. The number of methoxy groups -OCH3 is 1. The van der Waals surface area contributed by atoms with E-state index in [2.05, 4.69) is 0 Å². The fourth-order valence-corrected chi connectivity index (χ4v) is 8.66. The molecular formula is C34H25Cl2FN2O9. The molecule has 0 unspecified atom stereocenters. The van der Waals surface area contributed by atoms with Crippen LogP contribution in [0.5, 0.6) is 17.2 Å². The van der Waals surface area contributed by atoms with Crippen LogP contribution in [0.15, 0.2) is 72.3 Å². The van der Waals surface area contributed by atoms with Gasteiger partial charge < -0.3 is 20.1 Å². The summed E-state index contributed by atoms with van der Waals surface area (Å²) in [4.78, 5) is 65.3. The average molecular weight is 695 g/mol. The summed E-state index contributed by atoms with van der Waals surface area (Å²) >= 11 is 14.6. The Bertz CT molecular complexity index is 2000. The summed E-state index contributed by atoms with van der Waals surface area (Å²) in [5.41, 5.74) is 0.0698. The molecule has 2 aliphatic heterocycles. The minimum Gasteiger partial charge on any atom is -0.508 e. The molecule has 11 nitrogen and oxygen atoms in total. The first-order valence-corrected chi connectivity index (χ1v) is 15.5. The van der Waals surface area contributed by atoms with E-state index in [4.69, 9.17) is 27.9 Å². The van der Waals surface area contributed by atoms with Gasteiger partial charge in [-0.15, -0.1) is 23.2 Å². The van der Waals surface area contributed by atoms with Gasteiger partial charge in [0.05, 0.1) is 30.3 Å². The minimum atomic E-state index is -2.24. The van der Waals surface area contributed by atoms with E-state index in [9.17, 15) is 43.7 Å². The van der Waals surface area contributed by atoms with Crippen LogP contribution >= 0.6 is 23.2 Å². The van der Waals surface area contributed by atoms with Crippen LogP contribution in [0.3, 0.4) is 0 Å². The number of aromatic hydroxyl groups is 2. The van der Waals surface area contributed by atoms with Crippen molar-refractivity contribution in [2.45, 2.75) is 28.5 Å². The molecule has 0 spiro atoms. The van der Waals surface area contributed by atoms with E-state index in [-0.39, 0.29) is 41.3 Å². The Hall–Kier alpha value is -4.94. The summed E-state index contributed by atoms with van der Waals surface area (Å²) in [6.07, 6.45) is 1.35. The highest BCUT2D eigenvalue weighted by Gasteiger charge is 2.77. The maximum absolute atomic E-state index is 14.4. The molecule has 1 saturated carbocycles. The number of carboxylic acids is 1. The first-order valence-electron chi connectivity index (χ1n) is 14.8. The van der Waals surface area contributed by atoms with Gasteiger partial charge in [0, 0.05) is 23.6 Å². The van der Waals surface area contributed by atoms with Gasteiger partial charge in [0.25, 0.3) is 11.8 Å². The first kappa shape index (κ1) is 31.6. The zero-order chi connectivity index (χ0) is 34.4. The summed E-state index contributed by atoms with van der Waals surface area (Å²) in [6.45, 7) is 0. The van der Waals surface area contributed by atoms with Crippen LogP contribution in [0.1, 0.15) is 34.7 Å². The van der Waals surface area contributed by atoms with Crippen molar-refractivity contribution in [3.63, 3.8) is 0 Å². The molecule has 3 aromatic rings. The van der Waals surface area contributed by atoms with E-state index >= 15 is 0 Å². The lowest BCUT2D eigenvalue weighted by Gasteiger charge is -2.50. The molecule has 3 N–H and O–H groups in total. The van der Waals surface area contributed by atoms with Gasteiger partial charge in [-0.25, -0.2) is 19.0 Å². The average Bonchev–Trinajstić information content (AvgIpc) is 3.39. The largest absolute Gasteiger partial charge is 0.508 e. The Balaban J connectivity index is 1.38. The Kier molecular flexibility index (Phi) is 7.12. The van der Waals surface area contributed by atoms with E-state index in [1.807, 2.05) is 0 Å². The lowest BCUT2D eigenvalue weighted by Crippen LogP contribution is -2.60. The van der Waals surface area contributed by atoms with Crippen LogP contribution in [0.4, 0.5) is 15.8 Å². The summed E-state index contributed by atoms with van der Waals surface area (Å²) in [6, 6.07) is 12.2. The normalized spacial score (nSPS) is 29.4. The maximum Gasteiger partial charge on any atom is 0.339 e. The molecule has 2 heterocycles. The van der Waals surface area contributed by atoms with Crippen LogP contribution in [0.25, 0.3) is 0 Å². The minimum absolute atomic E-state index is 0.0105. The van der Waals surface area contributed by atoms with Crippen LogP contribution in [-0.4, -0.2) is 61.8 Å². The highest BCUT2D eigenvalue weighted by atomic mass is 35.5. The number of halogens is 3. The number of hydrogen-bond acceptors (Lipinski definition) is 8. The van der Waals surface area contributed by atoms with Crippen LogP contribution in [-0.2, 0) is 19.2 Å². The molecule has 0 radical (unpaired) electrons. The molecular weight excluding hydrogens is 670 g/mol. The van der Waals surface area contributed by atoms with Crippen molar-refractivity contribution in [3.8, 4) is 17.2 Å². The molecule has 7 rings (SSSR count). The lowest BCUT2D eigenvalue weighted by molar-refractivity contribution is -0.125. The van der Waals surface area contributed by atoms with E-state index in [1.165, 1.54) is 43.5 Å². The van der Waals surface area contributed by atoms with Gasteiger partial charge in [0.1, 0.15) is 28.6 Å². The Morgan fingerprint density at radius 1 is 0.875 bits per heavy atom. The third-order valence-corrected chi connectivity index (χ3v) is 11.3. The maximum atomic E-state index is 14.4. The van der Waals surface area contributed by atoms with Crippen LogP contribution in [0.2, 0.25) is 0 Å². The predicted molar refractivity (Wildman–Crippen MR) is 169 cm³/mol. The molecule has 14 heteroatoms. The summed E-state index contributed by atoms with van der Waals surface area (Å²) < 4.78 is 19.1. The van der Waals surface area contributed by atoms with Crippen molar-refractivity contribution in [3.05, 3.63) is 89.3 Å². The number of rotatable bonds is 5. The zero-order valence-electron chi connectivity index (χ0n) is 24.9. The first-order chi connectivity index (χ1) is 22.7. The number of amides is 4. The summed E-state index contributed by atoms with van der Waals surface area (Å²) in [7, 11) is 1.39. The van der Waals surface area contributed by atoms with Gasteiger partial charge in [-0.1, -0.05) is 17.7 Å². The Morgan fingerprint density at radius 2 is 1.56 bits per heavy atom. The van der Waals surface area contributed by atoms with Crippen molar-refractivity contribution in [2.24, 2.45) is 17.8 Å². The second kappa shape index (κ2) is 10.8. The molecule has 6 atom stereocenters. The number of carboxylic acid groups (broad SMARTS) is 1. The van der Waals surface area contributed by atoms with Crippen LogP contribution < -0.4 is 14.5 Å². The molecule has 3 fully saturated rings. The van der Waals surface area contributed by atoms with Gasteiger partial charge in [0.15, 0.2) is 9.75 Å². The number of hydrogen-bond donors (Lipinski definition) is 3. The van der Waals surface area contributed by atoms with Crippen molar-refractivity contribution in [1.29, 1.82) is 0 Å². The number of allylic oxidation sites excluding steroid dienone is 2. The standard InChI is InChI=1S/C34H25Cl2FN2O9/c1-48-18-7-9-20(25(41)13-18)27-19-10-11-22-26(29(43)38(28(22)42)17-6-8-21(30(44)45)24(40)12-17)23(19)14-33(35)31(46)39(32(47)34(27,33)36)16-4-2-15(37)3-5-16/h2-10,12-13,22-23,26-27,40-41H,11,14H2,1H3,(H,44,45)/t22-,23+,26-,27+,33+,34-/m0/s1. The molecule has 246 valence electrons. The molecule has 0 bridgehead atoms. The number of phenols is 2. The van der Waals surface area contributed by atoms with Crippen molar-refractivity contribution >= 4 is 64.2 Å². The smallest absolute Gasteiger partial charge is 0.339 e. The fourth-order valence-electron chi connectivity index (χ4n) is 7.73. The number of phenolic OH excluding ortho intramolecular Hbond substituents is 1. The molecule has 48 heavy (non-hydrogen) atoms. The number of carbonyl (C=O) groups is 5. The monoisotopic (exact) mass is 694 g/mol. The molecule has 0 aromatic heterocycles. The van der Waals surface area contributed by atoms with Gasteiger partial charge in [-0.05, 0) is 61.2 Å². The molecule has 2 aliphatic carbocycles. The number of fused-ring (bicyclic) bond motifs is 4. The summed E-state index contributed by atoms with van der Waals surface area (Å²) in [5, 5.41) is 30.9. The predicted octanol–water partition coefficient (Wildman–Crippen LogP) is 4.71. The number of ether oxygens (including phenoxy) is 1. The van der Waals surface area contributed by atoms with Crippen molar-refractivity contribution < 1.29 is 48.4 Å². The lowest BCUT2D eigenvalue weighted by atomic mass is 9.56. The Morgan fingerprint density at radius 3 is 2.19 bits per heavy atom. The SMILES string of the molecule is COc1ccc([C@H]2C3=CC[C@@H]4C(=O)N(c5ccc(C(=O)O)c(O)c5)C(=O)[C@@H]4[C@@H]3C[C@@]3(Cl)C(=O)N(c4ccc(F)cc4)C(=O)[C@@]23Cl)c(O)c1. The third-order valence-electron chi connectivity index (χ3n) is 9.91. The third kappa shape index (κ3) is 4.15. The van der Waals surface area contributed by atoms with Crippen LogP contribution in [0, 0.1) is 23.6 Å². The number of carbonyl (C=O) groups excluding carboxylic acids is 4. The summed E-state index contributed by atoms with van der Waals surface area (Å²) in [5.74, 6) is -10.1. The fraction of sp³-hybridized carbons (Fsp3) is 0.265. The number of alkyl halides is 2.